The lowest BCUT2D eigenvalue weighted by Gasteiger charge is -2.16. The molecule has 0 saturated carbocycles. The SMILES string of the molecule is COP(C)(=S)Oc1ccc([N+](=O)[O-])c(C)c1. The average molecular weight is 261 g/mol. The van der Waals surface area contributed by atoms with E-state index < -0.39 is 11.4 Å². The molecule has 1 aromatic rings. The van der Waals surface area contributed by atoms with Crippen LogP contribution in [0.4, 0.5) is 5.69 Å². The highest BCUT2D eigenvalue weighted by Gasteiger charge is 2.14. The minimum atomic E-state index is -2.29. The molecule has 1 aromatic carbocycles. The lowest BCUT2D eigenvalue weighted by molar-refractivity contribution is -0.385. The maximum Gasteiger partial charge on any atom is 0.272 e. The van der Waals surface area contributed by atoms with Crippen LogP contribution in [0.25, 0.3) is 0 Å². The van der Waals surface area contributed by atoms with Crippen LogP contribution in [0.5, 0.6) is 5.75 Å². The van der Waals surface area contributed by atoms with Gasteiger partial charge in [0.2, 0.25) is 6.49 Å². The van der Waals surface area contributed by atoms with Gasteiger partial charge >= 0.3 is 0 Å². The third-order valence-electron chi connectivity index (χ3n) is 1.97. The topological polar surface area (TPSA) is 61.6 Å². The summed E-state index contributed by atoms with van der Waals surface area (Å²) >= 11 is 5.09. The zero-order valence-electron chi connectivity index (χ0n) is 9.17. The Bertz CT molecular complexity index is 463. The highest BCUT2D eigenvalue weighted by atomic mass is 32.5. The third kappa shape index (κ3) is 3.27. The molecule has 0 fully saturated rings. The minimum absolute atomic E-state index is 0.0640. The predicted molar refractivity (Wildman–Crippen MR) is 65.7 cm³/mol. The Labute approximate surface area is 98.7 Å². The summed E-state index contributed by atoms with van der Waals surface area (Å²) in [7, 11) is 1.49. The molecular weight excluding hydrogens is 249 g/mol. The summed E-state index contributed by atoms with van der Waals surface area (Å²) in [6.07, 6.45) is 0. The molecule has 1 atom stereocenters. The first kappa shape index (κ1) is 13.1. The fraction of sp³-hybridized carbons (Fsp3) is 0.333. The summed E-state index contributed by atoms with van der Waals surface area (Å²) in [4.78, 5) is 10.2. The van der Waals surface area contributed by atoms with Gasteiger partial charge in [-0.15, -0.1) is 0 Å². The number of benzene rings is 1. The van der Waals surface area contributed by atoms with Crippen molar-refractivity contribution in [3.8, 4) is 5.75 Å². The maximum atomic E-state index is 10.6. The molecule has 0 aliphatic rings. The monoisotopic (exact) mass is 261 g/mol. The van der Waals surface area contributed by atoms with Crippen LogP contribution in [0.2, 0.25) is 0 Å². The zero-order chi connectivity index (χ0) is 12.3. The maximum absolute atomic E-state index is 10.6. The van der Waals surface area contributed by atoms with E-state index in [9.17, 15) is 10.1 Å². The summed E-state index contributed by atoms with van der Waals surface area (Å²) in [6, 6.07) is 4.51. The third-order valence-corrected chi connectivity index (χ3v) is 3.84. The average Bonchev–Trinajstić information content (AvgIpc) is 2.16. The second-order valence-corrected chi connectivity index (χ2v) is 7.33. The van der Waals surface area contributed by atoms with Crippen LogP contribution in [-0.2, 0) is 16.3 Å². The van der Waals surface area contributed by atoms with Crippen LogP contribution in [0.1, 0.15) is 5.56 Å². The molecule has 0 N–H and O–H groups in total. The zero-order valence-corrected chi connectivity index (χ0v) is 10.9. The van der Waals surface area contributed by atoms with Crippen LogP contribution in [0.15, 0.2) is 18.2 Å². The molecule has 7 heteroatoms. The van der Waals surface area contributed by atoms with E-state index in [1.54, 1.807) is 19.7 Å². The van der Waals surface area contributed by atoms with Crippen LogP contribution < -0.4 is 4.52 Å². The van der Waals surface area contributed by atoms with Crippen LogP contribution in [0.3, 0.4) is 0 Å². The van der Waals surface area contributed by atoms with Crippen molar-refractivity contribution in [2.45, 2.75) is 6.92 Å². The number of hydrogen-bond acceptors (Lipinski definition) is 5. The van der Waals surface area contributed by atoms with E-state index in [1.807, 2.05) is 0 Å². The van der Waals surface area contributed by atoms with E-state index in [2.05, 4.69) is 0 Å². The van der Waals surface area contributed by atoms with Crippen molar-refractivity contribution in [2.24, 2.45) is 0 Å². The van der Waals surface area contributed by atoms with Gasteiger partial charge in [-0.05, 0) is 30.9 Å². The molecule has 5 nitrogen and oxygen atoms in total. The van der Waals surface area contributed by atoms with Crippen molar-refractivity contribution in [3.63, 3.8) is 0 Å². The molecular formula is C9H12NO4PS. The molecule has 0 radical (unpaired) electrons. The molecule has 0 bridgehead atoms. The largest absolute Gasteiger partial charge is 0.444 e. The quantitative estimate of drug-likeness (QED) is 0.474. The fourth-order valence-electron chi connectivity index (χ4n) is 1.12. The Balaban J connectivity index is 2.98. The molecule has 1 rings (SSSR count). The highest BCUT2D eigenvalue weighted by molar-refractivity contribution is 8.09. The molecule has 0 spiro atoms. The van der Waals surface area contributed by atoms with Gasteiger partial charge in [-0.2, -0.15) is 0 Å². The highest BCUT2D eigenvalue weighted by Crippen LogP contribution is 2.44. The first-order valence-corrected chi connectivity index (χ1v) is 7.52. The van der Waals surface area contributed by atoms with E-state index in [0.29, 0.717) is 11.3 Å². The predicted octanol–water partition coefficient (Wildman–Crippen LogP) is 2.87. The smallest absolute Gasteiger partial charge is 0.272 e. The Kier molecular flexibility index (Phi) is 4.02. The van der Waals surface area contributed by atoms with Crippen molar-refractivity contribution in [1.29, 1.82) is 0 Å². The van der Waals surface area contributed by atoms with Crippen LogP contribution in [0, 0.1) is 17.0 Å². The van der Waals surface area contributed by atoms with E-state index >= 15 is 0 Å². The van der Waals surface area contributed by atoms with E-state index in [-0.39, 0.29) is 5.69 Å². The molecule has 0 heterocycles. The Hall–Kier alpha value is -0.970. The molecule has 0 aliphatic carbocycles. The molecule has 0 amide bonds. The van der Waals surface area contributed by atoms with Crippen molar-refractivity contribution in [2.75, 3.05) is 13.8 Å². The van der Waals surface area contributed by atoms with Gasteiger partial charge in [0.15, 0.2) is 0 Å². The number of nitro groups is 1. The molecule has 16 heavy (non-hydrogen) atoms. The van der Waals surface area contributed by atoms with Gasteiger partial charge < -0.3 is 9.05 Å². The Morgan fingerprint density at radius 1 is 1.50 bits per heavy atom. The van der Waals surface area contributed by atoms with Crippen molar-refractivity contribution in [1.82, 2.24) is 0 Å². The number of aryl methyl sites for hydroxylation is 1. The van der Waals surface area contributed by atoms with E-state index in [1.165, 1.54) is 19.2 Å². The fourth-order valence-corrected chi connectivity index (χ4v) is 1.95. The summed E-state index contributed by atoms with van der Waals surface area (Å²) in [5.41, 5.74) is 0.600. The Morgan fingerprint density at radius 3 is 2.56 bits per heavy atom. The number of nitro benzene ring substituents is 1. The van der Waals surface area contributed by atoms with Gasteiger partial charge in [-0.25, -0.2) is 0 Å². The summed E-state index contributed by atoms with van der Waals surface area (Å²) in [5.74, 6) is 0.496. The molecule has 1 unspecified atom stereocenters. The van der Waals surface area contributed by atoms with Crippen LogP contribution >= 0.6 is 6.49 Å². The first-order valence-electron chi connectivity index (χ1n) is 4.43. The van der Waals surface area contributed by atoms with Gasteiger partial charge in [0, 0.05) is 25.4 Å². The van der Waals surface area contributed by atoms with Gasteiger partial charge in [0.05, 0.1) is 4.92 Å². The normalized spacial score (nSPS) is 14.2. The summed E-state index contributed by atoms with van der Waals surface area (Å²) in [6.45, 7) is 1.05. The molecule has 88 valence electrons. The van der Waals surface area contributed by atoms with Crippen molar-refractivity contribution < 1.29 is 14.0 Å². The Morgan fingerprint density at radius 2 is 2.12 bits per heavy atom. The van der Waals surface area contributed by atoms with Gasteiger partial charge in [-0.1, -0.05) is 0 Å². The standard InChI is InChI=1S/C9H12NO4PS/c1-7-6-8(14-15(3,16)13-2)4-5-9(7)10(11)12/h4-6H,1-3H3. The van der Waals surface area contributed by atoms with E-state index in [4.69, 9.17) is 20.9 Å². The number of rotatable bonds is 4. The molecule has 0 aliphatic heterocycles. The number of nitrogens with zero attached hydrogens (tertiary/aromatic N) is 1. The van der Waals surface area contributed by atoms with Gasteiger partial charge in [0.1, 0.15) is 5.75 Å². The lowest BCUT2D eigenvalue weighted by Crippen LogP contribution is -1.95. The minimum Gasteiger partial charge on any atom is -0.444 e. The van der Waals surface area contributed by atoms with Gasteiger partial charge in [0.25, 0.3) is 5.69 Å². The number of hydrogen-bond donors (Lipinski definition) is 0. The molecule has 0 saturated heterocycles. The van der Waals surface area contributed by atoms with Crippen molar-refractivity contribution in [3.05, 3.63) is 33.9 Å². The second kappa shape index (κ2) is 4.91. The van der Waals surface area contributed by atoms with E-state index in [0.717, 1.165) is 0 Å². The summed E-state index contributed by atoms with van der Waals surface area (Å²) in [5, 5.41) is 10.6. The van der Waals surface area contributed by atoms with Crippen molar-refractivity contribution >= 4 is 24.0 Å². The first-order chi connectivity index (χ1) is 7.35. The van der Waals surface area contributed by atoms with Crippen LogP contribution in [-0.4, -0.2) is 18.7 Å². The second-order valence-electron chi connectivity index (χ2n) is 3.25. The molecule has 0 aromatic heterocycles. The van der Waals surface area contributed by atoms with Gasteiger partial charge in [-0.3, -0.25) is 10.1 Å². The lowest BCUT2D eigenvalue weighted by atomic mass is 10.2. The summed E-state index contributed by atoms with van der Waals surface area (Å²) < 4.78 is 10.5.